The Bertz CT molecular complexity index is 875. The van der Waals surface area contributed by atoms with Crippen LogP contribution >= 0.6 is 0 Å². The summed E-state index contributed by atoms with van der Waals surface area (Å²) in [6.45, 7) is 2.67. The lowest BCUT2D eigenvalue weighted by atomic mass is 10.0. The van der Waals surface area contributed by atoms with Crippen molar-refractivity contribution < 1.29 is 14.6 Å². The summed E-state index contributed by atoms with van der Waals surface area (Å²) in [5, 5.41) is 14.8. The van der Waals surface area contributed by atoms with Crippen molar-refractivity contribution in [2.75, 3.05) is 11.9 Å². The molecule has 25 heavy (non-hydrogen) atoms. The molecule has 0 bridgehead atoms. The van der Waals surface area contributed by atoms with Gasteiger partial charge in [-0.3, -0.25) is 4.79 Å². The summed E-state index contributed by atoms with van der Waals surface area (Å²) < 4.78 is 5.86. The van der Waals surface area contributed by atoms with E-state index in [1.165, 1.54) is 0 Å². The zero-order chi connectivity index (χ0) is 17.6. The van der Waals surface area contributed by atoms with Crippen LogP contribution in [0.2, 0.25) is 0 Å². The Morgan fingerprint density at radius 2 is 1.72 bits per heavy atom. The number of hydrogen-bond acceptors (Lipinski definition) is 3. The number of unbranched alkanes of at least 4 members (excludes halogenated alkanes) is 1. The molecule has 0 fully saturated rings. The minimum absolute atomic E-state index is 0.0353. The predicted octanol–water partition coefficient (Wildman–Crippen LogP) is 4.98. The molecule has 0 heterocycles. The van der Waals surface area contributed by atoms with Crippen LogP contribution in [0.15, 0.2) is 60.7 Å². The maximum atomic E-state index is 12.6. The van der Waals surface area contributed by atoms with Crippen LogP contribution < -0.4 is 10.1 Å². The third kappa shape index (κ3) is 3.74. The van der Waals surface area contributed by atoms with Crippen LogP contribution in [0.25, 0.3) is 10.8 Å². The molecule has 0 aliphatic rings. The highest BCUT2D eigenvalue weighted by molar-refractivity contribution is 6.11. The van der Waals surface area contributed by atoms with Crippen molar-refractivity contribution in [3.63, 3.8) is 0 Å². The van der Waals surface area contributed by atoms with Gasteiger partial charge in [-0.25, -0.2) is 0 Å². The molecule has 0 atom stereocenters. The molecule has 0 saturated carbocycles. The van der Waals surface area contributed by atoms with Crippen LogP contribution in [0.1, 0.15) is 30.1 Å². The number of rotatable bonds is 6. The quantitative estimate of drug-likeness (QED) is 0.625. The number of para-hydroxylation sites is 1. The number of anilines is 1. The summed E-state index contributed by atoms with van der Waals surface area (Å²) in [4.78, 5) is 12.6. The van der Waals surface area contributed by atoms with Crippen molar-refractivity contribution in [3.05, 3.63) is 66.2 Å². The molecule has 0 aliphatic heterocycles. The van der Waals surface area contributed by atoms with Gasteiger partial charge in [0.05, 0.1) is 12.2 Å². The van der Waals surface area contributed by atoms with E-state index >= 15 is 0 Å². The van der Waals surface area contributed by atoms with E-state index in [0.29, 0.717) is 23.4 Å². The number of phenols is 1. The summed E-state index contributed by atoms with van der Waals surface area (Å²) in [5.41, 5.74) is 0.877. The number of benzene rings is 3. The van der Waals surface area contributed by atoms with Gasteiger partial charge in [0.2, 0.25) is 0 Å². The average Bonchev–Trinajstić information content (AvgIpc) is 2.64. The molecule has 0 unspecified atom stereocenters. The molecule has 3 rings (SSSR count). The largest absolute Gasteiger partial charge is 0.506 e. The number of carbonyl (C=O) groups excluding carboxylic acids is 1. The van der Waals surface area contributed by atoms with E-state index < -0.39 is 0 Å². The monoisotopic (exact) mass is 335 g/mol. The number of aromatic hydroxyl groups is 1. The van der Waals surface area contributed by atoms with Crippen molar-refractivity contribution in [2.24, 2.45) is 0 Å². The second-order valence-corrected chi connectivity index (χ2v) is 5.84. The van der Waals surface area contributed by atoms with Gasteiger partial charge < -0.3 is 15.2 Å². The van der Waals surface area contributed by atoms with E-state index in [1.807, 2.05) is 36.4 Å². The number of fused-ring (bicyclic) bond motifs is 1. The second kappa shape index (κ2) is 7.71. The second-order valence-electron chi connectivity index (χ2n) is 5.84. The first kappa shape index (κ1) is 16.8. The molecule has 0 radical (unpaired) electrons. The van der Waals surface area contributed by atoms with Crippen molar-refractivity contribution in [3.8, 4) is 11.5 Å². The van der Waals surface area contributed by atoms with E-state index in [1.54, 1.807) is 24.3 Å². The summed E-state index contributed by atoms with van der Waals surface area (Å²) in [6, 6.07) is 18.2. The van der Waals surface area contributed by atoms with Crippen molar-refractivity contribution >= 4 is 22.4 Å². The molecule has 128 valence electrons. The lowest BCUT2D eigenvalue weighted by Gasteiger charge is -2.14. The molecule has 4 nitrogen and oxygen atoms in total. The van der Waals surface area contributed by atoms with Gasteiger partial charge in [0.1, 0.15) is 11.5 Å². The number of ether oxygens (including phenoxy) is 1. The van der Waals surface area contributed by atoms with Crippen molar-refractivity contribution in [2.45, 2.75) is 19.8 Å². The van der Waals surface area contributed by atoms with Gasteiger partial charge in [0.25, 0.3) is 5.91 Å². The Hall–Kier alpha value is -3.01. The Morgan fingerprint density at radius 1 is 1.04 bits per heavy atom. The fraction of sp³-hybridized carbons (Fsp3) is 0.190. The highest BCUT2D eigenvalue weighted by Crippen LogP contribution is 2.36. The summed E-state index contributed by atoms with van der Waals surface area (Å²) >= 11 is 0. The molecule has 3 aromatic carbocycles. The van der Waals surface area contributed by atoms with E-state index in [-0.39, 0.29) is 17.2 Å². The smallest absolute Gasteiger partial charge is 0.259 e. The zero-order valence-electron chi connectivity index (χ0n) is 14.2. The van der Waals surface area contributed by atoms with Gasteiger partial charge in [0, 0.05) is 16.5 Å². The number of phenolic OH excluding ortho intramolecular Hbond substituents is 1. The Balaban J connectivity index is 1.99. The molecule has 0 aliphatic carbocycles. The fourth-order valence-corrected chi connectivity index (χ4v) is 2.67. The molecule has 4 heteroatoms. The van der Waals surface area contributed by atoms with Crippen LogP contribution in [-0.4, -0.2) is 17.6 Å². The first-order valence-electron chi connectivity index (χ1n) is 8.44. The third-order valence-electron chi connectivity index (χ3n) is 4.01. The highest BCUT2D eigenvalue weighted by atomic mass is 16.5. The first-order valence-corrected chi connectivity index (χ1v) is 8.44. The number of carbonyl (C=O) groups is 1. The van der Waals surface area contributed by atoms with Gasteiger partial charge in [0.15, 0.2) is 0 Å². The van der Waals surface area contributed by atoms with Gasteiger partial charge in [-0.05, 0) is 24.6 Å². The van der Waals surface area contributed by atoms with Gasteiger partial charge in [-0.15, -0.1) is 0 Å². The molecule has 0 saturated heterocycles. The maximum Gasteiger partial charge on any atom is 0.259 e. The lowest BCUT2D eigenvalue weighted by Crippen LogP contribution is -2.12. The summed E-state index contributed by atoms with van der Waals surface area (Å²) in [6.07, 6.45) is 1.96. The standard InChI is InChI=1S/C21H21NO3/c1-2-3-13-25-19-14-18(20(23)17-12-8-7-11-16(17)19)21(24)22-15-9-5-4-6-10-15/h4-12,14,23H,2-3,13H2,1H3,(H,22,24). The minimum atomic E-state index is -0.366. The first-order chi connectivity index (χ1) is 12.2. The number of hydrogen-bond donors (Lipinski definition) is 2. The predicted molar refractivity (Wildman–Crippen MR) is 100 cm³/mol. The normalized spacial score (nSPS) is 10.6. The molecule has 0 aromatic heterocycles. The molecule has 0 spiro atoms. The van der Waals surface area contributed by atoms with Crippen LogP contribution in [0.4, 0.5) is 5.69 Å². The number of amides is 1. The van der Waals surface area contributed by atoms with E-state index in [2.05, 4.69) is 12.2 Å². The average molecular weight is 335 g/mol. The van der Waals surface area contributed by atoms with Crippen molar-refractivity contribution in [1.29, 1.82) is 0 Å². The van der Waals surface area contributed by atoms with E-state index in [0.717, 1.165) is 18.2 Å². The molecular weight excluding hydrogens is 314 g/mol. The SMILES string of the molecule is CCCCOc1cc(C(=O)Nc2ccccc2)c(O)c2ccccc12. The van der Waals surface area contributed by atoms with E-state index in [4.69, 9.17) is 4.74 Å². The molecule has 3 aromatic rings. The van der Waals surface area contributed by atoms with Crippen LogP contribution in [0.3, 0.4) is 0 Å². The maximum absolute atomic E-state index is 12.6. The van der Waals surface area contributed by atoms with Gasteiger partial charge in [-0.2, -0.15) is 0 Å². The fourth-order valence-electron chi connectivity index (χ4n) is 2.67. The summed E-state index contributed by atoms with van der Waals surface area (Å²) in [5.74, 6) is 0.210. The Kier molecular flexibility index (Phi) is 5.19. The topological polar surface area (TPSA) is 58.6 Å². The molecule has 1 amide bonds. The zero-order valence-corrected chi connectivity index (χ0v) is 14.2. The highest BCUT2D eigenvalue weighted by Gasteiger charge is 2.18. The van der Waals surface area contributed by atoms with Crippen molar-refractivity contribution in [1.82, 2.24) is 0 Å². The van der Waals surface area contributed by atoms with Crippen LogP contribution in [0.5, 0.6) is 11.5 Å². The summed E-state index contributed by atoms with van der Waals surface area (Å²) in [7, 11) is 0. The van der Waals surface area contributed by atoms with Gasteiger partial charge >= 0.3 is 0 Å². The number of nitrogens with one attached hydrogen (secondary N) is 1. The third-order valence-corrected chi connectivity index (χ3v) is 4.01. The Labute approximate surface area is 147 Å². The van der Waals surface area contributed by atoms with Crippen LogP contribution in [-0.2, 0) is 0 Å². The van der Waals surface area contributed by atoms with Crippen LogP contribution in [0, 0.1) is 0 Å². The van der Waals surface area contributed by atoms with Gasteiger partial charge in [-0.1, -0.05) is 55.8 Å². The minimum Gasteiger partial charge on any atom is -0.506 e. The Morgan fingerprint density at radius 3 is 2.44 bits per heavy atom. The van der Waals surface area contributed by atoms with E-state index in [9.17, 15) is 9.90 Å². The molecular formula is C21H21NO3. The lowest BCUT2D eigenvalue weighted by molar-refractivity contribution is 0.102. The molecule has 2 N–H and O–H groups in total.